The number of likely N-dealkylation sites (tertiary alicyclic amines) is 1. The van der Waals surface area contributed by atoms with Crippen LogP contribution < -0.4 is 9.47 Å². The van der Waals surface area contributed by atoms with E-state index in [4.69, 9.17) is 9.47 Å². The van der Waals surface area contributed by atoms with E-state index in [0.717, 1.165) is 50.4 Å². The molecule has 2 aromatic rings. The fourth-order valence-corrected chi connectivity index (χ4v) is 5.19. The van der Waals surface area contributed by atoms with Crippen LogP contribution in [0.5, 0.6) is 11.5 Å². The van der Waals surface area contributed by atoms with E-state index < -0.39 is 18.4 Å². The summed E-state index contributed by atoms with van der Waals surface area (Å²) >= 11 is 0. The number of halogens is 3. The Kier molecular flexibility index (Phi) is 7.25. The zero-order chi connectivity index (χ0) is 25.1. The van der Waals surface area contributed by atoms with Gasteiger partial charge in [-0.3, -0.25) is 4.90 Å². The van der Waals surface area contributed by atoms with Crippen molar-refractivity contribution in [1.29, 1.82) is 0 Å². The van der Waals surface area contributed by atoms with Crippen LogP contribution in [0.2, 0.25) is 0 Å². The Morgan fingerprint density at radius 3 is 2.39 bits per heavy atom. The van der Waals surface area contributed by atoms with E-state index in [2.05, 4.69) is 9.74 Å². The molecule has 0 saturated carbocycles. The number of carbonyl (C=O) groups excluding carboxylic acids is 1. The van der Waals surface area contributed by atoms with Gasteiger partial charge in [-0.25, -0.2) is 4.79 Å². The number of hydroxylamine groups is 2. The Morgan fingerprint density at radius 2 is 1.67 bits per heavy atom. The van der Waals surface area contributed by atoms with Gasteiger partial charge >= 0.3 is 12.4 Å². The lowest BCUT2D eigenvalue weighted by atomic mass is 9.93. The number of fused-ring (bicyclic) bond motifs is 1. The summed E-state index contributed by atoms with van der Waals surface area (Å²) in [5.41, 5.74) is 0.613. The van der Waals surface area contributed by atoms with Gasteiger partial charge in [-0.05, 0) is 56.0 Å². The SMILES string of the molecule is O=C1N(CCC2CCN(CC3COc4ccccc4O3)CC2)CC(c2ccccc2)N1OC(F)(F)F. The summed E-state index contributed by atoms with van der Waals surface area (Å²) in [6.45, 7) is 3.70. The van der Waals surface area contributed by atoms with Gasteiger partial charge in [-0.1, -0.05) is 42.5 Å². The van der Waals surface area contributed by atoms with Crippen LogP contribution in [0.1, 0.15) is 30.9 Å². The Bertz CT molecular complexity index is 1030. The molecule has 0 aromatic heterocycles. The van der Waals surface area contributed by atoms with Crippen LogP contribution in [0.3, 0.4) is 0 Å². The molecule has 3 heterocycles. The van der Waals surface area contributed by atoms with Crippen molar-refractivity contribution in [1.82, 2.24) is 14.9 Å². The highest BCUT2D eigenvalue weighted by Crippen LogP contribution is 2.35. The number of hydrogen-bond donors (Lipinski definition) is 0. The predicted molar refractivity (Wildman–Crippen MR) is 125 cm³/mol. The number of benzene rings is 2. The van der Waals surface area contributed by atoms with Crippen molar-refractivity contribution in [3.63, 3.8) is 0 Å². The van der Waals surface area contributed by atoms with Crippen LogP contribution >= 0.6 is 0 Å². The number of nitrogens with zero attached hydrogens (tertiary/aromatic N) is 3. The summed E-state index contributed by atoms with van der Waals surface area (Å²) in [7, 11) is 0. The first-order valence-electron chi connectivity index (χ1n) is 12.4. The monoisotopic (exact) mass is 505 g/mol. The summed E-state index contributed by atoms with van der Waals surface area (Å²) in [6.07, 6.45) is -2.26. The molecule has 0 spiro atoms. The van der Waals surface area contributed by atoms with Crippen molar-refractivity contribution in [2.75, 3.05) is 39.3 Å². The second kappa shape index (κ2) is 10.6. The third kappa shape index (κ3) is 5.87. The maximum atomic E-state index is 13.0. The molecular formula is C26H30F3N3O4. The van der Waals surface area contributed by atoms with Crippen LogP contribution in [-0.2, 0) is 4.84 Å². The first-order valence-corrected chi connectivity index (χ1v) is 12.4. The summed E-state index contributed by atoms with van der Waals surface area (Å²) < 4.78 is 50.9. The minimum Gasteiger partial charge on any atom is -0.486 e. The van der Waals surface area contributed by atoms with E-state index in [1.807, 2.05) is 24.3 Å². The maximum Gasteiger partial charge on any atom is 0.544 e. The molecule has 7 nitrogen and oxygen atoms in total. The summed E-state index contributed by atoms with van der Waals surface area (Å²) in [6, 6.07) is 14.8. The molecule has 3 aliphatic heterocycles. The number of rotatable bonds is 7. The third-order valence-electron chi connectivity index (χ3n) is 7.07. The molecule has 10 heteroatoms. The summed E-state index contributed by atoms with van der Waals surface area (Å²) in [5, 5.41) is 0.475. The number of amides is 2. The number of alkyl halides is 3. The largest absolute Gasteiger partial charge is 0.544 e. The van der Waals surface area contributed by atoms with Crippen molar-refractivity contribution in [2.45, 2.75) is 37.8 Å². The molecule has 0 aliphatic carbocycles. The predicted octanol–water partition coefficient (Wildman–Crippen LogP) is 4.86. The lowest BCUT2D eigenvalue weighted by Crippen LogP contribution is -2.44. The lowest BCUT2D eigenvalue weighted by molar-refractivity contribution is -0.403. The standard InChI is InChI=1S/C26H30F3N3O4/c27-26(28,29)36-32-22(20-6-2-1-3-7-20)17-31(25(32)33)15-12-19-10-13-30(14-11-19)16-21-18-34-23-8-4-5-9-24(23)35-21/h1-9,19,21-22H,10-18H2. The molecule has 2 atom stereocenters. The van der Waals surface area contributed by atoms with E-state index >= 15 is 0 Å². The van der Waals surface area contributed by atoms with Crippen LogP contribution in [0, 0.1) is 5.92 Å². The normalized spacial score (nSPS) is 23.4. The quantitative estimate of drug-likeness (QED) is 0.538. The second-order valence-electron chi connectivity index (χ2n) is 9.55. The Balaban J connectivity index is 1.10. The Labute approximate surface area is 208 Å². The van der Waals surface area contributed by atoms with E-state index in [0.29, 0.717) is 29.7 Å². The number of carbonyl (C=O) groups is 1. The van der Waals surface area contributed by atoms with Crippen LogP contribution in [-0.4, -0.2) is 72.7 Å². The van der Waals surface area contributed by atoms with Gasteiger partial charge in [0, 0.05) is 19.6 Å². The molecule has 2 amide bonds. The highest BCUT2D eigenvalue weighted by atomic mass is 19.4. The molecule has 0 N–H and O–H groups in total. The molecule has 2 saturated heterocycles. The summed E-state index contributed by atoms with van der Waals surface area (Å²) in [5.74, 6) is 1.96. The molecule has 2 unspecified atom stereocenters. The molecule has 5 rings (SSSR count). The fourth-order valence-electron chi connectivity index (χ4n) is 5.19. The van der Waals surface area contributed by atoms with Crippen LogP contribution in [0.25, 0.3) is 0 Å². The first kappa shape index (κ1) is 24.7. The molecular weight excluding hydrogens is 475 g/mol. The average molecular weight is 506 g/mol. The van der Waals surface area contributed by atoms with Gasteiger partial charge in [0.05, 0.1) is 0 Å². The van der Waals surface area contributed by atoms with Gasteiger partial charge in [-0.2, -0.15) is 9.90 Å². The van der Waals surface area contributed by atoms with Gasteiger partial charge in [-0.15, -0.1) is 13.2 Å². The molecule has 36 heavy (non-hydrogen) atoms. The van der Waals surface area contributed by atoms with Gasteiger partial charge in [0.25, 0.3) is 0 Å². The Hall–Kier alpha value is -2.98. The van der Waals surface area contributed by atoms with Gasteiger partial charge in [0.15, 0.2) is 11.5 Å². The minimum absolute atomic E-state index is 0.0202. The van der Waals surface area contributed by atoms with E-state index in [9.17, 15) is 18.0 Å². The second-order valence-corrected chi connectivity index (χ2v) is 9.55. The number of hydrogen-bond acceptors (Lipinski definition) is 5. The van der Waals surface area contributed by atoms with E-state index in [-0.39, 0.29) is 12.6 Å². The zero-order valence-electron chi connectivity index (χ0n) is 19.9. The number of urea groups is 1. The summed E-state index contributed by atoms with van der Waals surface area (Å²) in [4.78, 5) is 20.8. The topological polar surface area (TPSA) is 54.5 Å². The average Bonchev–Trinajstić information content (AvgIpc) is 3.18. The highest BCUT2D eigenvalue weighted by Gasteiger charge is 2.46. The molecule has 0 radical (unpaired) electrons. The Morgan fingerprint density at radius 1 is 0.972 bits per heavy atom. The maximum absolute atomic E-state index is 13.0. The first-order chi connectivity index (χ1) is 17.4. The number of piperidine rings is 1. The van der Waals surface area contributed by atoms with E-state index in [1.54, 1.807) is 30.3 Å². The van der Waals surface area contributed by atoms with Gasteiger partial charge in [0.1, 0.15) is 18.8 Å². The van der Waals surface area contributed by atoms with Crippen molar-refractivity contribution in [2.24, 2.45) is 5.92 Å². The van der Waals surface area contributed by atoms with Crippen LogP contribution in [0.15, 0.2) is 54.6 Å². The van der Waals surface area contributed by atoms with Gasteiger partial charge in [0.2, 0.25) is 0 Å². The van der Waals surface area contributed by atoms with E-state index in [1.165, 1.54) is 4.90 Å². The molecule has 3 aliphatic rings. The third-order valence-corrected chi connectivity index (χ3v) is 7.07. The lowest BCUT2D eigenvalue weighted by Gasteiger charge is -2.36. The fraction of sp³-hybridized carbons (Fsp3) is 0.500. The molecule has 2 fully saturated rings. The zero-order valence-corrected chi connectivity index (χ0v) is 19.9. The van der Waals surface area contributed by atoms with Crippen molar-refractivity contribution < 1.29 is 32.3 Å². The molecule has 2 aromatic carbocycles. The minimum atomic E-state index is -4.93. The van der Waals surface area contributed by atoms with Gasteiger partial charge < -0.3 is 14.4 Å². The number of para-hydroxylation sites is 2. The van der Waals surface area contributed by atoms with Crippen molar-refractivity contribution in [3.05, 3.63) is 60.2 Å². The smallest absolute Gasteiger partial charge is 0.486 e. The molecule has 194 valence electrons. The van der Waals surface area contributed by atoms with Crippen LogP contribution in [0.4, 0.5) is 18.0 Å². The molecule has 0 bridgehead atoms. The highest BCUT2D eigenvalue weighted by molar-refractivity contribution is 5.76. The van der Waals surface area contributed by atoms with Crippen molar-refractivity contribution in [3.8, 4) is 11.5 Å². The van der Waals surface area contributed by atoms with Crippen molar-refractivity contribution >= 4 is 6.03 Å². The number of ether oxygens (including phenoxy) is 2.